The van der Waals surface area contributed by atoms with Crippen LogP contribution in [0.1, 0.15) is 31.0 Å². The highest BCUT2D eigenvalue weighted by molar-refractivity contribution is 5.58. The average molecular weight is 246 g/mol. The van der Waals surface area contributed by atoms with E-state index in [4.69, 9.17) is 4.52 Å². The zero-order chi connectivity index (χ0) is 12.4. The molecule has 0 amide bonds. The lowest BCUT2D eigenvalue weighted by atomic mass is 10.0. The molecular formula is C14H15FN2O. The number of aromatic nitrogens is 1. The third-order valence-electron chi connectivity index (χ3n) is 3.34. The van der Waals surface area contributed by atoms with Crippen molar-refractivity contribution in [2.45, 2.75) is 25.3 Å². The predicted molar refractivity (Wildman–Crippen MR) is 66.5 cm³/mol. The molecule has 1 aromatic carbocycles. The summed E-state index contributed by atoms with van der Waals surface area (Å²) in [5, 5.41) is 7.45. The highest BCUT2D eigenvalue weighted by atomic mass is 19.1. The molecule has 0 aliphatic carbocycles. The van der Waals surface area contributed by atoms with Gasteiger partial charge in [0, 0.05) is 6.07 Å². The van der Waals surface area contributed by atoms with Gasteiger partial charge < -0.3 is 9.84 Å². The van der Waals surface area contributed by atoms with Crippen molar-refractivity contribution in [2.75, 3.05) is 6.54 Å². The molecule has 0 radical (unpaired) electrons. The highest BCUT2D eigenvalue weighted by Gasteiger charge is 2.19. The Balaban J connectivity index is 1.87. The second-order valence-electron chi connectivity index (χ2n) is 4.60. The minimum Gasteiger partial charge on any atom is -0.356 e. The van der Waals surface area contributed by atoms with Crippen LogP contribution in [0, 0.1) is 5.82 Å². The number of hydrogen-bond acceptors (Lipinski definition) is 3. The van der Waals surface area contributed by atoms with Crippen LogP contribution in [0.25, 0.3) is 11.3 Å². The van der Waals surface area contributed by atoms with Crippen LogP contribution in [0.5, 0.6) is 0 Å². The van der Waals surface area contributed by atoms with E-state index in [0.717, 1.165) is 18.7 Å². The Labute approximate surface area is 105 Å². The normalized spacial score (nSPS) is 19.9. The first-order chi connectivity index (χ1) is 8.84. The fourth-order valence-corrected chi connectivity index (χ4v) is 2.35. The Hall–Kier alpha value is -1.68. The molecule has 1 unspecified atom stereocenters. The highest BCUT2D eigenvalue weighted by Crippen LogP contribution is 2.28. The molecular weight excluding hydrogens is 231 g/mol. The van der Waals surface area contributed by atoms with Crippen LogP contribution in [0.2, 0.25) is 0 Å². The van der Waals surface area contributed by atoms with Crippen LogP contribution in [-0.4, -0.2) is 11.7 Å². The quantitative estimate of drug-likeness (QED) is 0.883. The van der Waals surface area contributed by atoms with Crippen molar-refractivity contribution >= 4 is 0 Å². The van der Waals surface area contributed by atoms with Crippen molar-refractivity contribution in [3.05, 3.63) is 41.8 Å². The van der Waals surface area contributed by atoms with Gasteiger partial charge in [-0.05, 0) is 31.5 Å². The minimum absolute atomic E-state index is 0.239. The van der Waals surface area contributed by atoms with Crippen molar-refractivity contribution in [1.82, 2.24) is 10.5 Å². The Morgan fingerprint density at radius 1 is 1.28 bits per heavy atom. The van der Waals surface area contributed by atoms with E-state index in [2.05, 4.69) is 10.5 Å². The zero-order valence-electron chi connectivity index (χ0n) is 10.0. The molecule has 2 aromatic rings. The number of piperidine rings is 1. The number of hydrogen-bond donors (Lipinski definition) is 1. The summed E-state index contributed by atoms with van der Waals surface area (Å²) in [7, 11) is 0. The molecule has 0 saturated carbocycles. The molecule has 1 atom stereocenters. The Morgan fingerprint density at radius 2 is 2.17 bits per heavy atom. The van der Waals surface area contributed by atoms with Crippen LogP contribution in [-0.2, 0) is 0 Å². The monoisotopic (exact) mass is 246 g/mol. The van der Waals surface area contributed by atoms with E-state index in [0.29, 0.717) is 11.3 Å². The first-order valence-corrected chi connectivity index (χ1v) is 6.29. The molecule has 1 fully saturated rings. The smallest absolute Gasteiger partial charge is 0.170 e. The maximum absolute atomic E-state index is 13.6. The number of nitrogens with zero attached hydrogens (tertiary/aromatic N) is 1. The molecule has 1 N–H and O–H groups in total. The number of halogens is 1. The average Bonchev–Trinajstić information content (AvgIpc) is 2.90. The van der Waals surface area contributed by atoms with Crippen molar-refractivity contribution in [2.24, 2.45) is 0 Å². The van der Waals surface area contributed by atoms with Crippen molar-refractivity contribution in [1.29, 1.82) is 0 Å². The van der Waals surface area contributed by atoms with E-state index < -0.39 is 0 Å². The summed E-state index contributed by atoms with van der Waals surface area (Å²) in [5.41, 5.74) is 1.33. The van der Waals surface area contributed by atoms with Crippen LogP contribution >= 0.6 is 0 Å². The van der Waals surface area contributed by atoms with Gasteiger partial charge in [-0.25, -0.2) is 4.39 Å². The van der Waals surface area contributed by atoms with E-state index in [-0.39, 0.29) is 11.9 Å². The summed E-state index contributed by atoms with van der Waals surface area (Å²) < 4.78 is 18.9. The van der Waals surface area contributed by atoms with Gasteiger partial charge in [-0.3, -0.25) is 0 Å². The van der Waals surface area contributed by atoms with Crippen molar-refractivity contribution in [3.8, 4) is 11.3 Å². The fraction of sp³-hybridized carbons (Fsp3) is 0.357. The Morgan fingerprint density at radius 3 is 2.94 bits per heavy atom. The van der Waals surface area contributed by atoms with Gasteiger partial charge in [0.05, 0.1) is 11.6 Å². The molecule has 3 nitrogen and oxygen atoms in total. The molecule has 4 heteroatoms. The summed E-state index contributed by atoms with van der Waals surface area (Å²) in [6.07, 6.45) is 3.46. The molecule has 1 aromatic heterocycles. The lowest BCUT2D eigenvalue weighted by molar-refractivity contribution is 0.368. The third-order valence-corrected chi connectivity index (χ3v) is 3.34. The molecule has 94 valence electrons. The standard InChI is InChI=1S/C14H15FN2O/c15-11-6-2-1-5-10(11)14-9-13(17-18-14)12-7-3-4-8-16-12/h1-2,5-6,9,12,16H,3-4,7-8H2. The van der Waals surface area contributed by atoms with Crippen LogP contribution in [0.4, 0.5) is 4.39 Å². The molecule has 0 spiro atoms. The van der Waals surface area contributed by atoms with E-state index >= 15 is 0 Å². The summed E-state index contributed by atoms with van der Waals surface area (Å²) in [5.74, 6) is 0.215. The molecule has 1 saturated heterocycles. The van der Waals surface area contributed by atoms with Crippen LogP contribution in [0.15, 0.2) is 34.9 Å². The topological polar surface area (TPSA) is 38.1 Å². The van der Waals surface area contributed by atoms with Crippen LogP contribution in [0.3, 0.4) is 0 Å². The number of benzene rings is 1. The Bertz CT molecular complexity index is 532. The van der Waals surface area contributed by atoms with Gasteiger partial charge in [0.15, 0.2) is 5.76 Å². The first kappa shape index (κ1) is 11.4. The molecule has 1 aliphatic rings. The van der Waals surface area contributed by atoms with Crippen molar-refractivity contribution in [3.63, 3.8) is 0 Å². The maximum atomic E-state index is 13.6. The van der Waals surface area contributed by atoms with Gasteiger partial charge in [-0.1, -0.05) is 23.7 Å². The summed E-state index contributed by atoms with van der Waals surface area (Å²) >= 11 is 0. The molecule has 18 heavy (non-hydrogen) atoms. The Kier molecular flexibility index (Phi) is 3.11. The largest absolute Gasteiger partial charge is 0.356 e. The fourth-order valence-electron chi connectivity index (χ4n) is 2.35. The molecule has 1 aliphatic heterocycles. The van der Waals surface area contributed by atoms with Crippen LogP contribution < -0.4 is 5.32 Å². The van der Waals surface area contributed by atoms with Gasteiger partial charge in [0.2, 0.25) is 0 Å². The zero-order valence-corrected chi connectivity index (χ0v) is 10.0. The predicted octanol–water partition coefficient (Wildman–Crippen LogP) is 3.30. The van der Waals surface area contributed by atoms with Gasteiger partial charge >= 0.3 is 0 Å². The summed E-state index contributed by atoms with van der Waals surface area (Å²) in [6.45, 7) is 1.01. The van der Waals surface area contributed by atoms with E-state index in [1.54, 1.807) is 18.2 Å². The number of nitrogens with one attached hydrogen (secondary N) is 1. The van der Waals surface area contributed by atoms with Gasteiger partial charge in [0.25, 0.3) is 0 Å². The lowest BCUT2D eigenvalue weighted by Gasteiger charge is -2.20. The second kappa shape index (κ2) is 4.90. The summed E-state index contributed by atoms with van der Waals surface area (Å²) in [6, 6.07) is 8.66. The van der Waals surface area contributed by atoms with Gasteiger partial charge in [-0.2, -0.15) is 0 Å². The molecule has 2 heterocycles. The lowest BCUT2D eigenvalue weighted by Crippen LogP contribution is -2.26. The SMILES string of the molecule is Fc1ccccc1-c1cc(C2CCCCN2)no1. The summed E-state index contributed by atoms with van der Waals surface area (Å²) in [4.78, 5) is 0. The van der Waals surface area contributed by atoms with E-state index in [1.807, 2.05) is 6.07 Å². The third kappa shape index (κ3) is 2.16. The first-order valence-electron chi connectivity index (χ1n) is 6.29. The minimum atomic E-state index is -0.281. The van der Waals surface area contributed by atoms with Gasteiger partial charge in [-0.15, -0.1) is 0 Å². The van der Waals surface area contributed by atoms with E-state index in [9.17, 15) is 4.39 Å². The number of rotatable bonds is 2. The van der Waals surface area contributed by atoms with E-state index in [1.165, 1.54) is 18.9 Å². The maximum Gasteiger partial charge on any atom is 0.170 e. The second-order valence-corrected chi connectivity index (χ2v) is 4.60. The van der Waals surface area contributed by atoms with Gasteiger partial charge in [0.1, 0.15) is 11.5 Å². The molecule has 0 bridgehead atoms. The molecule has 3 rings (SSSR count). The van der Waals surface area contributed by atoms with Crippen molar-refractivity contribution < 1.29 is 8.91 Å².